The van der Waals surface area contributed by atoms with Gasteiger partial charge in [0.15, 0.2) is 5.82 Å². The molecule has 0 saturated carbocycles. The molecule has 6 heteroatoms. The summed E-state index contributed by atoms with van der Waals surface area (Å²) in [5, 5.41) is 13.2. The molecule has 2 rings (SSSR count). The first-order valence-electron chi connectivity index (χ1n) is 6.76. The van der Waals surface area contributed by atoms with E-state index in [1.165, 1.54) is 0 Å². The third-order valence-corrected chi connectivity index (χ3v) is 3.58. The standard InChI is InChI=1S/C13H21N3O3/c1-8(2)12-14-11(15-19-12)7-16-5-4-9(3)6-10(16)13(17)18/h8-10H,4-7H2,1-3H3,(H,17,18). The van der Waals surface area contributed by atoms with Crippen molar-refractivity contribution >= 4 is 5.97 Å². The molecule has 1 N–H and O–H groups in total. The van der Waals surface area contributed by atoms with E-state index in [0.717, 1.165) is 13.0 Å². The molecule has 1 aliphatic heterocycles. The van der Waals surface area contributed by atoms with Crippen molar-refractivity contribution in [2.75, 3.05) is 6.54 Å². The topological polar surface area (TPSA) is 79.5 Å². The van der Waals surface area contributed by atoms with Gasteiger partial charge < -0.3 is 9.63 Å². The summed E-state index contributed by atoms with van der Waals surface area (Å²) in [6, 6.07) is -0.440. The lowest BCUT2D eigenvalue weighted by Crippen LogP contribution is -2.46. The Labute approximate surface area is 112 Å². The molecule has 2 atom stereocenters. The lowest BCUT2D eigenvalue weighted by Gasteiger charge is -2.35. The Morgan fingerprint density at radius 3 is 2.89 bits per heavy atom. The Kier molecular flexibility index (Phi) is 4.19. The van der Waals surface area contributed by atoms with Crippen molar-refractivity contribution in [3.8, 4) is 0 Å². The van der Waals surface area contributed by atoms with Crippen molar-refractivity contribution in [1.29, 1.82) is 0 Å². The van der Waals surface area contributed by atoms with Gasteiger partial charge in [-0.2, -0.15) is 4.98 Å². The highest BCUT2D eigenvalue weighted by molar-refractivity contribution is 5.73. The van der Waals surface area contributed by atoms with Crippen LogP contribution in [0.4, 0.5) is 0 Å². The number of piperidine rings is 1. The molecule has 0 bridgehead atoms. The highest BCUT2D eigenvalue weighted by Gasteiger charge is 2.32. The van der Waals surface area contributed by atoms with Crippen LogP contribution >= 0.6 is 0 Å². The number of carboxylic acid groups (broad SMARTS) is 1. The second-order valence-electron chi connectivity index (χ2n) is 5.66. The van der Waals surface area contributed by atoms with Crippen molar-refractivity contribution in [2.24, 2.45) is 5.92 Å². The van der Waals surface area contributed by atoms with E-state index >= 15 is 0 Å². The molecular weight excluding hydrogens is 246 g/mol. The van der Waals surface area contributed by atoms with Gasteiger partial charge in [0.2, 0.25) is 5.89 Å². The van der Waals surface area contributed by atoms with Crippen molar-refractivity contribution in [2.45, 2.75) is 52.1 Å². The van der Waals surface area contributed by atoms with Gasteiger partial charge in [-0.1, -0.05) is 25.9 Å². The van der Waals surface area contributed by atoms with Gasteiger partial charge in [0, 0.05) is 5.92 Å². The molecule has 0 aliphatic carbocycles. The van der Waals surface area contributed by atoms with Gasteiger partial charge in [0.05, 0.1) is 6.54 Å². The van der Waals surface area contributed by atoms with Crippen molar-refractivity contribution in [3.63, 3.8) is 0 Å². The summed E-state index contributed by atoms with van der Waals surface area (Å²) in [5.41, 5.74) is 0. The van der Waals surface area contributed by atoms with Crippen molar-refractivity contribution in [3.05, 3.63) is 11.7 Å². The number of hydrogen-bond donors (Lipinski definition) is 1. The van der Waals surface area contributed by atoms with E-state index in [0.29, 0.717) is 30.6 Å². The summed E-state index contributed by atoms with van der Waals surface area (Å²) < 4.78 is 5.15. The number of hydrogen-bond acceptors (Lipinski definition) is 5. The number of likely N-dealkylation sites (tertiary alicyclic amines) is 1. The minimum Gasteiger partial charge on any atom is -0.480 e. The molecular formula is C13H21N3O3. The van der Waals surface area contributed by atoms with Crippen LogP contribution in [0.1, 0.15) is 51.2 Å². The Hall–Kier alpha value is -1.43. The van der Waals surface area contributed by atoms with Crippen molar-refractivity contribution < 1.29 is 14.4 Å². The van der Waals surface area contributed by atoms with E-state index in [2.05, 4.69) is 17.1 Å². The third-order valence-electron chi connectivity index (χ3n) is 3.58. The van der Waals surface area contributed by atoms with E-state index in [1.807, 2.05) is 18.7 Å². The normalized spacial score (nSPS) is 24.8. The predicted molar refractivity (Wildman–Crippen MR) is 68.6 cm³/mol. The van der Waals surface area contributed by atoms with Crippen LogP contribution in [0.25, 0.3) is 0 Å². The zero-order chi connectivity index (χ0) is 14.0. The maximum Gasteiger partial charge on any atom is 0.320 e. The Morgan fingerprint density at radius 1 is 1.58 bits per heavy atom. The Bertz CT molecular complexity index is 444. The lowest BCUT2D eigenvalue weighted by molar-refractivity contribution is -0.145. The Balaban J connectivity index is 2.05. The number of nitrogens with zero attached hydrogens (tertiary/aromatic N) is 3. The monoisotopic (exact) mass is 267 g/mol. The maximum absolute atomic E-state index is 11.3. The number of carbonyl (C=O) groups is 1. The molecule has 0 radical (unpaired) electrons. The average molecular weight is 267 g/mol. The van der Waals surface area contributed by atoms with Crippen LogP contribution in [0.3, 0.4) is 0 Å². The van der Waals surface area contributed by atoms with E-state index < -0.39 is 12.0 Å². The molecule has 6 nitrogen and oxygen atoms in total. The highest BCUT2D eigenvalue weighted by Crippen LogP contribution is 2.24. The lowest BCUT2D eigenvalue weighted by atomic mass is 9.92. The van der Waals surface area contributed by atoms with E-state index in [-0.39, 0.29) is 5.92 Å². The zero-order valence-corrected chi connectivity index (χ0v) is 11.7. The summed E-state index contributed by atoms with van der Waals surface area (Å²) in [6.45, 7) is 7.28. The van der Waals surface area contributed by atoms with Gasteiger partial charge in [-0.25, -0.2) is 0 Å². The molecule has 1 aliphatic rings. The summed E-state index contributed by atoms with van der Waals surface area (Å²) in [6.07, 6.45) is 1.70. The summed E-state index contributed by atoms with van der Waals surface area (Å²) in [4.78, 5) is 17.5. The number of carboxylic acids is 1. The molecule has 2 unspecified atom stereocenters. The fourth-order valence-corrected chi connectivity index (χ4v) is 2.38. The number of aliphatic carboxylic acids is 1. The number of aromatic nitrogens is 2. The second kappa shape index (κ2) is 5.69. The molecule has 106 valence electrons. The van der Waals surface area contributed by atoms with E-state index in [1.54, 1.807) is 0 Å². The molecule has 1 aromatic rings. The third kappa shape index (κ3) is 3.32. The van der Waals surface area contributed by atoms with Crippen LogP contribution in [0.5, 0.6) is 0 Å². The van der Waals surface area contributed by atoms with Gasteiger partial charge >= 0.3 is 5.97 Å². The van der Waals surface area contributed by atoms with Crippen molar-refractivity contribution in [1.82, 2.24) is 15.0 Å². The van der Waals surface area contributed by atoms with Crippen LogP contribution < -0.4 is 0 Å². The molecule has 2 heterocycles. The zero-order valence-electron chi connectivity index (χ0n) is 11.7. The largest absolute Gasteiger partial charge is 0.480 e. The van der Waals surface area contributed by atoms with Crippen LogP contribution in [0, 0.1) is 5.92 Å². The summed E-state index contributed by atoms with van der Waals surface area (Å²) >= 11 is 0. The molecule has 1 aromatic heterocycles. The molecule has 0 amide bonds. The Morgan fingerprint density at radius 2 is 2.32 bits per heavy atom. The fraction of sp³-hybridized carbons (Fsp3) is 0.769. The first kappa shape index (κ1) is 14.0. The summed E-state index contributed by atoms with van der Waals surface area (Å²) in [5.74, 6) is 1.06. The first-order valence-corrected chi connectivity index (χ1v) is 6.76. The average Bonchev–Trinajstić information content (AvgIpc) is 2.80. The predicted octanol–water partition coefficient (Wildman–Crippen LogP) is 1.88. The molecule has 1 saturated heterocycles. The SMILES string of the molecule is CC1CCN(Cc2noc(C(C)C)n2)C(C(=O)O)C1. The summed E-state index contributed by atoms with van der Waals surface area (Å²) in [7, 11) is 0. The van der Waals surface area contributed by atoms with Gasteiger partial charge in [0.1, 0.15) is 6.04 Å². The maximum atomic E-state index is 11.3. The quantitative estimate of drug-likeness (QED) is 0.897. The highest BCUT2D eigenvalue weighted by atomic mass is 16.5. The molecule has 1 fully saturated rings. The van der Waals surface area contributed by atoms with Gasteiger partial charge in [-0.05, 0) is 25.3 Å². The minimum atomic E-state index is -0.765. The van der Waals surface area contributed by atoms with Gasteiger partial charge in [0.25, 0.3) is 0 Å². The van der Waals surface area contributed by atoms with Gasteiger partial charge in [-0.3, -0.25) is 9.69 Å². The first-order chi connectivity index (χ1) is 8.97. The smallest absolute Gasteiger partial charge is 0.320 e. The molecule has 19 heavy (non-hydrogen) atoms. The van der Waals surface area contributed by atoms with E-state index in [4.69, 9.17) is 4.52 Å². The van der Waals surface area contributed by atoms with Crippen LogP contribution in [-0.4, -0.2) is 38.7 Å². The van der Waals surface area contributed by atoms with Gasteiger partial charge in [-0.15, -0.1) is 0 Å². The molecule has 0 spiro atoms. The number of rotatable bonds is 4. The molecule has 0 aromatic carbocycles. The van der Waals surface area contributed by atoms with E-state index in [9.17, 15) is 9.90 Å². The van der Waals surface area contributed by atoms with Crippen LogP contribution in [0.2, 0.25) is 0 Å². The fourth-order valence-electron chi connectivity index (χ4n) is 2.38. The minimum absolute atomic E-state index is 0.192. The van der Waals surface area contributed by atoms with Crippen LogP contribution in [-0.2, 0) is 11.3 Å². The second-order valence-corrected chi connectivity index (χ2v) is 5.66. The van der Waals surface area contributed by atoms with Crippen LogP contribution in [0.15, 0.2) is 4.52 Å².